The van der Waals surface area contributed by atoms with Crippen LogP contribution in [0.2, 0.25) is 0 Å². The Bertz CT molecular complexity index is 665. The molecular formula is C19H28N2O7. The fourth-order valence-electron chi connectivity index (χ4n) is 2.77. The summed E-state index contributed by atoms with van der Waals surface area (Å²) in [5, 5.41) is 26.2. The average Bonchev–Trinajstić information content (AvgIpc) is 3.17. The topological polar surface area (TPSA) is 150 Å². The lowest BCUT2D eigenvalue weighted by atomic mass is 10.1. The van der Waals surface area contributed by atoms with Crippen molar-refractivity contribution >= 4 is 17.8 Å². The van der Waals surface area contributed by atoms with Gasteiger partial charge in [0.25, 0.3) is 0 Å². The third-order valence-corrected chi connectivity index (χ3v) is 4.24. The van der Waals surface area contributed by atoms with Gasteiger partial charge < -0.3 is 30.7 Å². The largest absolute Gasteiger partial charge is 0.494 e. The van der Waals surface area contributed by atoms with Gasteiger partial charge in [-0.25, -0.2) is 4.79 Å². The third kappa shape index (κ3) is 7.53. The zero-order valence-corrected chi connectivity index (χ0v) is 15.9. The predicted octanol–water partition coefficient (Wildman–Crippen LogP) is 0.832. The van der Waals surface area contributed by atoms with Crippen molar-refractivity contribution in [3.05, 3.63) is 29.8 Å². The van der Waals surface area contributed by atoms with E-state index in [0.29, 0.717) is 26.0 Å². The van der Waals surface area contributed by atoms with Gasteiger partial charge in [0.15, 0.2) is 0 Å². The minimum atomic E-state index is -1.16. The van der Waals surface area contributed by atoms with Crippen molar-refractivity contribution in [1.29, 1.82) is 0 Å². The number of nitrogens with zero attached hydrogens (tertiary/aromatic N) is 1. The van der Waals surface area contributed by atoms with Gasteiger partial charge in [0, 0.05) is 13.0 Å². The van der Waals surface area contributed by atoms with Gasteiger partial charge in [-0.3, -0.25) is 9.59 Å². The van der Waals surface area contributed by atoms with E-state index in [2.05, 4.69) is 0 Å². The van der Waals surface area contributed by atoms with Crippen molar-refractivity contribution in [2.45, 2.75) is 51.3 Å². The van der Waals surface area contributed by atoms with Crippen LogP contribution in [0.4, 0.5) is 0 Å². The highest BCUT2D eigenvalue weighted by atomic mass is 16.5. The first-order valence-corrected chi connectivity index (χ1v) is 9.13. The molecule has 1 aliphatic heterocycles. The molecule has 2 rings (SSSR count). The monoisotopic (exact) mass is 396 g/mol. The number of hydrogen-bond acceptors (Lipinski definition) is 6. The summed E-state index contributed by atoms with van der Waals surface area (Å²) >= 11 is 0. The summed E-state index contributed by atoms with van der Waals surface area (Å²) in [6, 6.07) is 5.60. The zero-order chi connectivity index (χ0) is 21.1. The molecule has 0 bridgehead atoms. The Morgan fingerprint density at radius 2 is 2.04 bits per heavy atom. The molecular weight excluding hydrogens is 368 g/mol. The van der Waals surface area contributed by atoms with Crippen LogP contribution in [0.5, 0.6) is 5.75 Å². The van der Waals surface area contributed by atoms with E-state index in [9.17, 15) is 14.4 Å². The molecule has 0 aromatic heterocycles. The number of aliphatic hydroxyl groups excluding tert-OH is 1. The van der Waals surface area contributed by atoms with Gasteiger partial charge in [-0.15, -0.1) is 0 Å². The number of carbonyl (C=O) groups is 3. The summed E-state index contributed by atoms with van der Waals surface area (Å²) in [5.41, 5.74) is 6.16. The summed E-state index contributed by atoms with van der Waals surface area (Å²) in [4.78, 5) is 34.3. The van der Waals surface area contributed by atoms with E-state index in [4.69, 9.17) is 25.8 Å². The molecule has 9 heteroatoms. The number of aliphatic carboxylic acids is 2. The molecule has 9 nitrogen and oxygen atoms in total. The summed E-state index contributed by atoms with van der Waals surface area (Å²) in [6.07, 6.45) is 1.11. The van der Waals surface area contributed by atoms with Crippen molar-refractivity contribution in [3.8, 4) is 5.75 Å². The Labute approximate surface area is 163 Å². The van der Waals surface area contributed by atoms with Crippen molar-refractivity contribution in [3.63, 3.8) is 0 Å². The highest BCUT2D eigenvalue weighted by Gasteiger charge is 2.33. The molecule has 1 heterocycles. The van der Waals surface area contributed by atoms with Crippen molar-refractivity contribution in [2.75, 3.05) is 13.2 Å². The van der Waals surface area contributed by atoms with E-state index in [1.165, 1.54) is 4.90 Å². The molecule has 2 atom stereocenters. The van der Waals surface area contributed by atoms with E-state index in [-0.39, 0.29) is 25.4 Å². The second kappa shape index (κ2) is 11.9. The van der Waals surface area contributed by atoms with Crippen LogP contribution in [0.15, 0.2) is 24.3 Å². The molecule has 1 aromatic carbocycles. The maximum absolute atomic E-state index is 11.7. The number of carbonyl (C=O) groups excluding carboxylic acids is 1. The molecule has 0 aliphatic carbocycles. The van der Waals surface area contributed by atoms with Crippen LogP contribution in [0, 0.1) is 0 Å². The Morgan fingerprint density at radius 3 is 2.61 bits per heavy atom. The van der Waals surface area contributed by atoms with E-state index < -0.39 is 24.0 Å². The summed E-state index contributed by atoms with van der Waals surface area (Å²) in [7, 11) is 0. The number of nitrogens with two attached hydrogens (primary N) is 1. The van der Waals surface area contributed by atoms with Crippen LogP contribution in [-0.4, -0.2) is 63.3 Å². The second-order valence-corrected chi connectivity index (χ2v) is 6.31. The van der Waals surface area contributed by atoms with Gasteiger partial charge >= 0.3 is 11.9 Å². The number of rotatable bonds is 8. The van der Waals surface area contributed by atoms with Crippen LogP contribution in [0.25, 0.3) is 0 Å². The van der Waals surface area contributed by atoms with Crippen molar-refractivity contribution in [1.82, 2.24) is 4.90 Å². The molecule has 5 N–H and O–H groups in total. The Morgan fingerprint density at radius 1 is 1.32 bits per heavy atom. The number of hydrogen-bond donors (Lipinski definition) is 4. The molecule has 0 saturated carbocycles. The summed E-state index contributed by atoms with van der Waals surface area (Å²) in [5.74, 6) is -1.70. The fourth-order valence-corrected chi connectivity index (χ4v) is 2.77. The van der Waals surface area contributed by atoms with E-state index in [1.807, 2.05) is 31.2 Å². The molecule has 0 spiro atoms. The molecule has 2 unspecified atom stereocenters. The minimum absolute atomic E-state index is 0.0248. The summed E-state index contributed by atoms with van der Waals surface area (Å²) in [6.45, 7) is 3.08. The normalized spacial score (nSPS) is 16.7. The standard InChI is InChI=1S/C10H16N2O5.C9H12O2/c11-6(9(14)15)3-4-8(13)12-5-1-2-7(12)10(16)17;1-2-11-9-5-3-4-8(6-9)7-10/h6-7H,1-5,11H2,(H,14,15)(H,16,17);3-6,10H,2,7H2,1H3. The van der Waals surface area contributed by atoms with Gasteiger partial charge in [-0.05, 0) is 43.9 Å². The number of ether oxygens (including phenoxy) is 1. The van der Waals surface area contributed by atoms with Crippen molar-refractivity contribution in [2.24, 2.45) is 5.73 Å². The number of carboxylic acids is 2. The highest BCUT2D eigenvalue weighted by molar-refractivity contribution is 5.84. The minimum Gasteiger partial charge on any atom is -0.494 e. The Kier molecular flexibility index (Phi) is 9.97. The molecule has 0 radical (unpaired) electrons. The van der Waals surface area contributed by atoms with E-state index in [1.54, 1.807) is 0 Å². The maximum Gasteiger partial charge on any atom is 0.326 e. The van der Waals surface area contributed by atoms with E-state index in [0.717, 1.165) is 11.3 Å². The number of likely N-dealkylation sites (tertiary alicyclic amines) is 1. The smallest absolute Gasteiger partial charge is 0.326 e. The lowest BCUT2D eigenvalue weighted by molar-refractivity contribution is -0.148. The molecule has 1 saturated heterocycles. The lowest BCUT2D eigenvalue weighted by Gasteiger charge is -2.21. The van der Waals surface area contributed by atoms with Crippen LogP contribution in [0.3, 0.4) is 0 Å². The Balaban J connectivity index is 0.000000307. The first-order chi connectivity index (χ1) is 13.3. The first kappa shape index (κ1) is 23.4. The molecule has 1 aliphatic rings. The first-order valence-electron chi connectivity index (χ1n) is 9.13. The summed E-state index contributed by atoms with van der Waals surface area (Å²) < 4.78 is 5.24. The fraction of sp³-hybridized carbons (Fsp3) is 0.526. The zero-order valence-electron chi connectivity index (χ0n) is 15.9. The second-order valence-electron chi connectivity index (χ2n) is 6.31. The van der Waals surface area contributed by atoms with Gasteiger partial charge in [0.2, 0.25) is 5.91 Å². The van der Waals surface area contributed by atoms with Gasteiger partial charge in [-0.1, -0.05) is 12.1 Å². The average molecular weight is 396 g/mol. The van der Waals surface area contributed by atoms with Crippen LogP contribution in [0.1, 0.15) is 38.2 Å². The number of benzene rings is 1. The molecule has 156 valence electrons. The molecule has 1 fully saturated rings. The highest BCUT2D eigenvalue weighted by Crippen LogP contribution is 2.19. The number of aliphatic hydroxyl groups is 1. The van der Waals surface area contributed by atoms with Gasteiger partial charge in [0.1, 0.15) is 17.8 Å². The Hall–Kier alpha value is -2.65. The maximum atomic E-state index is 11.7. The quantitative estimate of drug-likeness (QED) is 0.504. The third-order valence-electron chi connectivity index (χ3n) is 4.24. The molecule has 1 aromatic rings. The van der Waals surface area contributed by atoms with Gasteiger partial charge in [-0.2, -0.15) is 0 Å². The lowest BCUT2D eigenvalue weighted by Crippen LogP contribution is -2.41. The SMILES string of the molecule is CCOc1cccc(CO)c1.NC(CCC(=O)N1CCCC1C(=O)O)C(=O)O. The number of carboxylic acid groups (broad SMARTS) is 2. The van der Waals surface area contributed by atoms with Gasteiger partial charge in [0.05, 0.1) is 13.2 Å². The van der Waals surface area contributed by atoms with Crippen LogP contribution >= 0.6 is 0 Å². The van der Waals surface area contributed by atoms with Crippen LogP contribution in [-0.2, 0) is 21.0 Å². The molecule has 1 amide bonds. The molecule has 28 heavy (non-hydrogen) atoms. The van der Waals surface area contributed by atoms with E-state index >= 15 is 0 Å². The van der Waals surface area contributed by atoms with Crippen molar-refractivity contribution < 1.29 is 34.4 Å². The van der Waals surface area contributed by atoms with Crippen LogP contribution < -0.4 is 10.5 Å². The number of amides is 1. The predicted molar refractivity (Wildman–Crippen MR) is 101 cm³/mol.